The van der Waals surface area contributed by atoms with Crippen LogP contribution in [-0.4, -0.2) is 281 Å². The van der Waals surface area contributed by atoms with Crippen molar-refractivity contribution in [1.82, 2.24) is 48.1 Å². The summed E-state index contributed by atoms with van der Waals surface area (Å²) in [5.41, 5.74) is 5.18. The van der Waals surface area contributed by atoms with Crippen LogP contribution in [0, 0.1) is 63.1 Å². The molecule has 10 saturated heterocycles. The van der Waals surface area contributed by atoms with Crippen molar-refractivity contribution in [3.05, 3.63) is 240 Å². The van der Waals surface area contributed by atoms with E-state index in [1.54, 1.807) is 28.7 Å². The monoisotopic (exact) mass is 2750 g/mol. The first-order valence-corrected chi connectivity index (χ1v) is 53.2. The van der Waals surface area contributed by atoms with Gasteiger partial charge < -0.3 is 115 Å². The molecule has 16 nitrogen and oxygen atoms in total. The Morgan fingerprint density at radius 2 is 0.705 bits per heavy atom. The van der Waals surface area contributed by atoms with Gasteiger partial charge in [0, 0.05) is 390 Å². The fourth-order valence-corrected chi connectivity index (χ4v) is 19.9. The van der Waals surface area contributed by atoms with Gasteiger partial charge in [0.25, 0.3) is 0 Å². The second-order valence-corrected chi connectivity index (χ2v) is 39.6. The fourth-order valence-electron chi connectivity index (χ4n) is 18.7. The van der Waals surface area contributed by atoms with E-state index >= 15 is 0 Å². The summed E-state index contributed by atoms with van der Waals surface area (Å²) in [7, 11) is 58.2. The number of aryl methyl sites for hydroxylation is 3. The summed E-state index contributed by atoms with van der Waals surface area (Å²) in [6, 6.07) is 51.6. The molecule has 756 valence electrons. The SMILES string of the molecule is [B]N1CCCC1C/C=C\CC[CH2-].[B]N1CCCC1CCCCC[CH2-].[B]N1CCCC1CCCc1c[c-]ccc1.[B]N1CCCC1CCCc1cc[c-]o1.[B]N1CCCC1CCCc1cc[c-]s1.[B]N1CCCC1COCCC[CH2-].[B]N1CCCC1COCc1c[c-]ccc1.[B]N1CCCC1COCc1cc[c-]o1.[B]N1CCCC1COCc1cc[c-]s1.[B]N1CCCC1c1ccc(C[CH2-])cc1.[Y].[Y].[Y].[Y].[Y].[Y].[Y].[Y].[Y].[Y]. The Bertz CT molecular complexity index is 3690. The van der Waals surface area contributed by atoms with Gasteiger partial charge in [-0.2, -0.15) is 122 Å². The second-order valence-electron chi connectivity index (χ2n) is 37.7. The van der Waals surface area contributed by atoms with Gasteiger partial charge in [0.2, 0.25) is 0 Å². The molecule has 0 spiro atoms. The maximum atomic E-state index is 5.90. The molecule has 10 fully saturated rings. The Hall–Kier alpha value is 6.49. The number of hydrogen-bond donors (Lipinski definition) is 0. The van der Waals surface area contributed by atoms with E-state index < -0.39 is 0 Å². The Kier molecular flexibility index (Phi) is 108. The van der Waals surface area contributed by atoms with Crippen molar-refractivity contribution in [2.45, 2.75) is 337 Å². The van der Waals surface area contributed by atoms with E-state index in [-0.39, 0.29) is 327 Å². The zero-order valence-electron chi connectivity index (χ0n) is 88.6. The molecule has 0 amide bonds. The number of hydrogen-bond acceptors (Lipinski definition) is 18. The Balaban J connectivity index is -0.00000155. The van der Waals surface area contributed by atoms with Crippen LogP contribution in [-0.2, 0) is 392 Å². The molecule has 38 heteroatoms. The van der Waals surface area contributed by atoms with E-state index in [0.717, 1.165) is 187 Å². The quantitative estimate of drug-likeness (QED) is 0.0158. The fraction of sp³-hybridized carbons (Fsp3) is 0.630. The summed E-state index contributed by atoms with van der Waals surface area (Å²) < 4.78 is 32.4. The molecule has 0 N–H and O–H groups in total. The molecule has 10 atom stereocenters. The van der Waals surface area contributed by atoms with Crippen molar-refractivity contribution in [3.8, 4) is 0 Å². The Morgan fingerprint density at radius 1 is 0.322 bits per heavy atom. The first kappa shape index (κ1) is 157. The zero-order chi connectivity index (χ0) is 96.6. The van der Waals surface area contributed by atoms with Crippen molar-refractivity contribution in [2.24, 2.45) is 0 Å². The van der Waals surface area contributed by atoms with Gasteiger partial charge in [-0.3, -0.25) is 11.3 Å². The minimum Gasteiger partial charge on any atom is -0.596 e. The van der Waals surface area contributed by atoms with Gasteiger partial charge in [0.05, 0.1) is 26.4 Å². The minimum absolute atomic E-state index is 0. The molecule has 17 rings (SSSR count). The third-order valence-corrected chi connectivity index (χ3v) is 28.7. The van der Waals surface area contributed by atoms with Crippen LogP contribution in [0.15, 0.2) is 142 Å². The third kappa shape index (κ3) is 69.2. The molecular weight excluding hydrogens is 2590 g/mol. The number of furan rings is 2. The predicted octanol–water partition coefficient (Wildman–Crippen LogP) is 18.9. The predicted molar refractivity (Wildman–Crippen MR) is 571 cm³/mol. The molecule has 0 aliphatic carbocycles. The van der Waals surface area contributed by atoms with Gasteiger partial charge in [0.1, 0.15) is 0 Å². The molecule has 14 heterocycles. The maximum Gasteiger partial charge on any atom is 0.183 e. The first-order valence-electron chi connectivity index (χ1n) is 51.5. The van der Waals surface area contributed by atoms with E-state index in [1.807, 2.05) is 115 Å². The van der Waals surface area contributed by atoms with Crippen molar-refractivity contribution in [2.75, 3.05) is 98.5 Å². The number of nitrogens with zero attached hydrogens (tertiary/aromatic N) is 10. The smallest absolute Gasteiger partial charge is 0.183 e. The maximum absolute atomic E-state index is 5.90. The molecule has 146 heavy (non-hydrogen) atoms. The standard InChI is InChI=1S/C13H17BN.C12H15BNO.C12H15BN.C11H15BNO.C11H15BNS.C10H13BNO2.C10H13BNOS.C10H19BN.C10H17BN.C9H17BNO.10Y/c14-15-11-5-10-13(15)9-4-8-12-6-2-1-3-7-12;13-14-8-4-7-12(14)10-15-9-11-5-2-1-3-6-11;1-2-10-5-7-11(8-6-10)12-4-3-9-14(12)13;2*12-13-8-2-5-10(13)4-1-6-11-7-3-9-14-11;2*11-12-5-1-3-9(12)7-13-8-10-4-2-6-14-10;2*1-2-3-4-5-7-10-8-6-9-12(10)11;1-2-3-7-12-8-9-5-4-6-11(9)10;;;;;;;;;;/h1-2,6-7,13H,4-5,8-11H2;1-2,5-6,12H,4,7-10H2;5-8,12H,1-4,9H2;2*3,7,10H,1-2,4-6,8H2;2*2,4,9H,1,3,5,7-8H2;10H,1-9H2;4-5,10H,1-3,6-9H2;9H,1-8H2;;;;;;;;;;/q10*-1;;;;;;;;;;/b;;;;;;;;5-4-;;;;;;;;;;;. The van der Waals surface area contributed by atoms with Crippen LogP contribution in [0.3, 0.4) is 0 Å². The number of ether oxygens (including phenoxy) is 4. The summed E-state index contributed by atoms with van der Waals surface area (Å²) in [5.74, 6) is 1.85. The largest absolute Gasteiger partial charge is 0.596 e. The molecular formula is C108H156B10N10O6S2Y10-10. The Morgan fingerprint density at radius 3 is 1.09 bits per heavy atom. The van der Waals surface area contributed by atoms with Crippen LogP contribution in [0.5, 0.6) is 0 Å². The van der Waals surface area contributed by atoms with E-state index in [0.29, 0.717) is 86.8 Å². The molecule has 10 aliphatic heterocycles. The first-order chi connectivity index (χ1) is 66.5. The summed E-state index contributed by atoms with van der Waals surface area (Å²) in [6.07, 6.45) is 57.2. The number of rotatable bonds is 40. The molecule has 30 radical (unpaired) electrons. The molecule has 0 bridgehead atoms. The summed E-state index contributed by atoms with van der Waals surface area (Å²) in [4.78, 5) is 22.1. The van der Waals surface area contributed by atoms with E-state index in [9.17, 15) is 0 Å². The average Bonchev–Trinajstić information content (AvgIpc) is 1.68. The summed E-state index contributed by atoms with van der Waals surface area (Å²) in [6.45, 7) is 31.2. The molecule has 4 aromatic heterocycles. The van der Waals surface area contributed by atoms with Gasteiger partial charge in [-0.05, 0) is 274 Å². The number of benzene rings is 3. The molecule has 3 aromatic carbocycles. The van der Waals surface area contributed by atoms with E-state index in [1.165, 1.54) is 205 Å². The van der Waals surface area contributed by atoms with Crippen LogP contribution < -0.4 is 0 Å². The number of allylic oxidation sites excluding steroid dienone is 1. The van der Waals surface area contributed by atoms with Gasteiger partial charge in [0.15, 0.2) is 79.8 Å². The van der Waals surface area contributed by atoms with Crippen LogP contribution in [0.1, 0.15) is 281 Å². The van der Waals surface area contributed by atoms with E-state index in [4.69, 9.17) is 108 Å². The summed E-state index contributed by atoms with van der Waals surface area (Å²) in [5, 5.41) is 6.17. The molecule has 10 unspecified atom stereocenters. The number of unbranched alkanes of at least 4 members (excludes halogenated alkanes) is 5. The van der Waals surface area contributed by atoms with Gasteiger partial charge >= 0.3 is 0 Å². The van der Waals surface area contributed by atoms with Crippen LogP contribution in [0.25, 0.3) is 0 Å². The zero-order valence-corrected chi connectivity index (χ0v) is 119. The number of thiophene rings is 2. The molecule has 0 saturated carbocycles. The van der Waals surface area contributed by atoms with Crippen LogP contribution in [0.4, 0.5) is 0 Å². The van der Waals surface area contributed by atoms with Gasteiger partial charge in [-0.15, -0.1) is 38.2 Å². The van der Waals surface area contributed by atoms with Crippen molar-refractivity contribution < 1.29 is 355 Å². The molecule has 10 aliphatic rings. The van der Waals surface area contributed by atoms with E-state index in [2.05, 4.69) is 124 Å². The normalized spacial score (nSPS) is 21.7. The van der Waals surface area contributed by atoms with Crippen LogP contribution >= 0.6 is 22.7 Å². The molecule has 7 aromatic rings. The van der Waals surface area contributed by atoms with Crippen molar-refractivity contribution in [1.29, 1.82) is 0 Å². The second kappa shape index (κ2) is 101. The third-order valence-electron chi connectivity index (χ3n) is 27.1. The van der Waals surface area contributed by atoms with Crippen LogP contribution in [0.2, 0.25) is 0 Å². The average molecular weight is 2750 g/mol. The van der Waals surface area contributed by atoms with Gasteiger partial charge in [-0.1, -0.05) is 118 Å². The van der Waals surface area contributed by atoms with Gasteiger partial charge in [-0.25, -0.2) is 6.07 Å². The topological polar surface area (TPSA) is 95.6 Å². The van der Waals surface area contributed by atoms with Crippen molar-refractivity contribution >= 4 is 102 Å². The summed E-state index contributed by atoms with van der Waals surface area (Å²) >= 11 is 3.35. The van der Waals surface area contributed by atoms with Crippen molar-refractivity contribution in [3.63, 3.8) is 0 Å². The minimum atomic E-state index is 0. The Labute approximate surface area is 1160 Å².